The molecule has 0 amide bonds. The second-order valence-corrected chi connectivity index (χ2v) is 10.2. The molecule has 0 radical (unpaired) electrons. The highest BCUT2D eigenvalue weighted by molar-refractivity contribution is 6.30. The predicted molar refractivity (Wildman–Crippen MR) is 140 cm³/mol. The number of pyridine rings is 1. The molecule has 0 unspecified atom stereocenters. The number of fused-ring (bicyclic) bond motifs is 1. The number of aliphatic hydroxyl groups is 1. The maximum absolute atomic E-state index is 14.4. The van der Waals surface area contributed by atoms with Gasteiger partial charge in [0.05, 0.1) is 40.5 Å². The summed E-state index contributed by atoms with van der Waals surface area (Å²) in [5.41, 5.74) is 2.70. The number of β-amino-alcohol motifs (C(OH)–C–C–N with tert-alkyl or cyclic N) is 1. The SMILES string of the molecule is Cc1ncc(-c2cc(F)cc(Cl)c2)c(N2CC[C@@H](NCCC(F)(F)F)[C@@H](O)C2)c1-c1nc2cc(F)c(F)cc2[nH]1. The van der Waals surface area contributed by atoms with Crippen molar-refractivity contribution in [2.75, 3.05) is 24.5 Å². The third-order valence-electron chi connectivity index (χ3n) is 6.89. The number of piperidine rings is 1. The van der Waals surface area contributed by atoms with Crippen molar-refractivity contribution in [1.29, 1.82) is 0 Å². The maximum Gasteiger partial charge on any atom is 0.390 e. The van der Waals surface area contributed by atoms with Gasteiger partial charge in [-0.05, 0) is 37.1 Å². The fraction of sp³-hybridized carbons (Fsp3) is 0.333. The molecule has 2 atom stereocenters. The maximum atomic E-state index is 14.4. The molecule has 1 fully saturated rings. The van der Waals surface area contributed by atoms with Gasteiger partial charge >= 0.3 is 6.18 Å². The molecule has 1 saturated heterocycles. The Morgan fingerprint density at radius 3 is 2.58 bits per heavy atom. The van der Waals surface area contributed by atoms with E-state index in [4.69, 9.17) is 11.6 Å². The van der Waals surface area contributed by atoms with Crippen molar-refractivity contribution in [3.63, 3.8) is 0 Å². The lowest BCUT2D eigenvalue weighted by molar-refractivity contribution is -0.134. The van der Waals surface area contributed by atoms with Gasteiger partial charge in [-0.1, -0.05) is 11.6 Å². The topological polar surface area (TPSA) is 77.1 Å². The second-order valence-electron chi connectivity index (χ2n) is 9.74. The Balaban J connectivity index is 1.59. The van der Waals surface area contributed by atoms with Gasteiger partial charge in [0.25, 0.3) is 0 Å². The van der Waals surface area contributed by atoms with Crippen LogP contribution in [0.25, 0.3) is 33.5 Å². The molecule has 212 valence electrons. The number of hydrogen-bond donors (Lipinski definition) is 3. The molecule has 1 aliphatic heterocycles. The van der Waals surface area contributed by atoms with E-state index in [9.17, 15) is 31.4 Å². The summed E-state index contributed by atoms with van der Waals surface area (Å²) < 4.78 is 80.1. The first kappa shape index (κ1) is 28.2. The number of nitrogens with one attached hydrogen (secondary N) is 2. The summed E-state index contributed by atoms with van der Waals surface area (Å²) in [6.07, 6.45) is -4.54. The fourth-order valence-electron chi connectivity index (χ4n) is 5.02. The van der Waals surface area contributed by atoms with Crippen LogP contribution in [0.3, 0.4) is 0 Å². The van der Waals surface area contributed by atoms with Crippen molar-refractivity contribution in [3.05, 3.63) is 64.7 Å². The summed E-state index contributed by atoms with van der Waals surface area (Å²) in [6, 6.07) is 5.35. The van der Waals surface area contributed by atoms with Crippen LogP contribution < -0.4 is 10.2 Å². The molecular weight excluding hydrogens is 560 g/mol. The predicted octanol–water partition coefficient (Wildman–Crippen LogP) is 6.15. The molecule has 3 N–H and O–H groups in total. The van der Waals surface area contributed by atoms with Crippen LogP contribution >= 0.6 is 11.6 Å². The van der Waals surface area contributed by atoms with Gasteiger partial charge in [0.2, 0.25) is 0 Å². The van der Waals surface area contributed by atoms with Crippen molar-refractivity contribution in [2.45, 2.75) is 38.1 Å². The number of alkyl halides is 3. The summed E-state index contributed by atoms with van der Waals surface area (Å²) in [5, 5.41) is 13.8. The molecule has 0 aliphatic carbocycles. The zero-order valence-electron chi connectivity index (χ0n) is 21.1. The van der Waals surface area contributed by atoms with Crippen molar-refractivity contribution < 1.29 is 31.4 Å². The highest BCUT2D eigenvalue weighted by Gasteiger charge is 2.33. The Hall–Kier alpha value is -3.35. The molecular formula is C27H24ClF6N5O. The smallest absolute Gasteiger partial charge is 0.390 e. The lowest BCUT2D eigenvalue weighted by Gasteiger charge is -2.39. The lowest BCUT2D eigenvalue weighted by Crippen LogP contribution is -2.53. The van der Waals surface area contributed by atoms with Crippen molar-refractivity contribution in [2.24, 2.45) is 0 Å². The van der Waals surface area contributed by atoms with Gasteiger partial charge in [-0.15, -0.1) is 0 Å². The van der Waals surface area contributed by atoms with Crippen LogP contribution in [0.4, 0.5) is 32.0 Å². The number of hydrogen-bond acceptors (Lipinski definition) is 5. The first-order valence-electron chi connectivity index (χ1n) is 12.4. The average Bonchev–Trinajstić information content (AvgIpc) is 3.25. The molecule has 40 heavy (non-hydrogen) atoms. The lowest BCUT2D eigenvalue weighted by atomic mass is 9.95. The van der Waals surface area contributed by atoms with Gasteiger partial charge < -0.3 is 20.3 Å². The summed E-state index contributed by atoms with van der Waals surface area (Å²) in [5.74, 6) is -2.46. The van der Waals surface area contributed by atoms with Crippen molar-refractivity contribution >= 4 is 28.3 Å². The van der Waals surface area contributed by atoms with Crippen LogP contribution in [-0.2, 0) is 0 Å². The van der Waals surface area contributed by atoms with Crippen LogP contribution in [-0.4, -0.2) is 58.0 Å². The fourth-order valence-corrected chi connectivity index (χ4v) is 5.24. The highest BCUT2D eigenvalue weighted by atomic mass is 35.5. The van der Waals surface area contributed by atoms with Gasteiger partial charge in [0.1, 0.15) is 11.6 Å². The molecule has 2 aromatic heterocycles. The van der Waals surface area contributed by atoms with Gasteiger partial charge in [-0.3, -0.25) is 4.98 Å². The zero-order valence-corrected chi connectivity index (χ0v) is 21.8. The number of aliphatic hydroxyl groups excluding tert-OH is 1. The number of H-pyrrole nitrogens is 1. The third kappa shape index (κ3) is 5.89. The molecule has 13 heteroatoms. The molecule has 0 spiro atoms. The first-order chi connectivity index (χ1) is 18.9. The monoisotopic (exact) mass is 583 g/mol. The van der Waals surface area contributed by atoms with Crippen LogP contribution in [0, 0.1) is 24.4 Å². The minimum atomic E-state index is -4.32. The number of rotatable bonds is 6. The number of aryl methyl sites for hydroxylation is 1. The number of benzene rings is 2. The number of anilines is 1. The molecule has 2 aromatic carbocycles. The van der Waals surface area contributed by atoms with E-state index in [1.54, 1.807) is 13.0 Å². The van der Waals surface area contributed by atoms with E-state index in [0.29, 0.717) is 41.0 Å². The Bertz CT molecular complexity index is 1500. The van der Waals surface area contributed by atoms with E-state index in [1.165, 1.54) is 12.3 Å². The van der Waals surface area contributed by atoms with E-state index >= 15 is 0 Å². The summed E-state index contributed by atoms with van der Waals surface area (Å²) in [7, 11) is 0. The van der Waals surface area contributed by atoms with Crippen LogP contribution in [0.2, 0.25) is 5.02 Å². The first-order valence-corrected chi connectivity index (χ1v) is 12.8. The quantitative estimate of drug-likeness (QED) is 0.237. The van der Waals surface area contributed by atoms with E-state index in [0.717, 1.165) is 18.2 Å². The number of halogens is 7. The summed E-state index contributed by atoms with van der Waals surface area (Å²) >= 11 is 6.14. The summed E-state index contributed by atoms with van der Waals surface area (Å²) in [6.45, 7) is 1.72. The minimum Gasteiger partial charge on any atom is -0.390 e. The third-order valence-corrected chi connectivity index (χ3v) is 7.11. The van der Waals surface area contributed by atoms with E-state index < -0.39 is 42.2 Å². The van der Waals surface area contributed by atoms with Gasteiger partial charge in [-0.25, -0.2) is 18.2 Å². The van der Waals surface area contributed by atoms with Crippen molar-refractivity contribution in [3.8, 4) is 22.5 Å². The van der Waals surface area contributed by atoms with Gasteiger partial charge in [-0.2, -0.15) is 13.2 Å². The van der Waals surface area contributed by atoms with Crippen molar-refractivity contribution in [1.82, 2.24) is 20.3 Å². The van der Waals surface area contributed by atoms with Crippen LogP contribution in [0.15, 0.2) is 36.5 Å². The molecule has 0 bridgehead atoms. The second kappa shape index (κ2) is 10.9. The Morgan fingerprint density at radius 1 is 1.12 bits per heavy atom. The zero-order chi connectivity index (χ0) is 28.8. The molecule has 5 rings (SSSR count). The Morgan fingerprint density at radius 2 is 1.88 bits per heavy atom. The average molecular weight is 584 g/mol. The van der Waals surface area contributed by atoms with Crippen LogP contribution in [0.1, 0.15) is 18.5 Å². The van der Waals surface area contributed by atoms with E-state index in [-0.39, 0.29) is 35.0 Å². The Kier molecular flexibility index (Phi) is 7.68. The summed E-state index contributed by atoms with van der Waals surface area (Å²) in [4.78, 5) is 13.7. The number of aromatic nitrogens is 3. The standard InChI is InChI=1S/C27H24ClF6N5O/c1-13-24(26-37-21-9-18(30)19(31)10-22(21)38-26)25(17(11-36-13)14-6-15(28)8-16(29)7-14)39-5-2-20(23(40)12-39)35-4-3-27(32,33)34/h6-11,20,23,35,40H,2-5,12H2,1H3,(H,37,38)/t20-,23+/m1/s1. The largest absolute Gasteiger partial charge is 0.390 e. The molecule has 4 aromatic rings. The number of imidazole rings is 1. The van der Waals surface area contributed by atoms with E-state index in [2.05, 4.69) is 20.3 Å². The molecule has 6 nitrogen and oxygen atoms in total. The number of aromatic amines is 1. The van der Waals surface area contributed by atoms with E-state index in [1.807, 2.05) is 4.90 Å². The highest BCUT2D eigenvalue weighted by Crippen LogP contribution is 2.42. The minimum absolute atomic E-state index is 0.0275. The number of nitrogens with zero attached hydrogens (tertiary/aromatic N) is 3. The van der Waals surface area contributed by atoms with Crippen LogP contribution in [0.5, 0.6) is 0 Å². The van der Waals surface area contributed by atoms with Gasteiger partial charge in [0, 0.05) is 54.6 Å². The normalized spacial score (nSPS) is 18.1. The molecule has 3 heterocycles. The molecule has 0 saturated carbocycles. The molecule has 1 aliphatic rings. The Labute approximate surface area is 230 Å². The van der Waals surface area contributed by atoms with Gasteiger partial charge in [0.15, 0.2) is 11.6 Å².